The van der Waals surface area contributed by atoms with Gasteiger partial charge in [0, 0.05) is 0 Å². The van der Waals surface area contributed by atoms with Crippen LogP contribution in [0.25, 0.3) is 0 Å². The van der Waals surface area contributed by atoms with Crippen LogP contribution in [0, 0.1) is 0 Å². The number of sulfone groups is 1. The van der Waals surface area contributed by atoms with Crippen molar-refractivity contribution in [2.45, 2.75) is 33.2 Å². The van der Waals surface area contributed by atoms with Crippen LogP contribution in [0.4, 0.5) is 4.79 Å². The van der Waals surface area contributed by atoms with Crippen LogP contribution in [0.5, 0.6) is 0 Å². The van der Waals surface area contributed by atoms with E-state index in [4.69, 9.17) is 4.74 Å². The van der Waals surface area contributed by atoms with E-state index in [1.54, 1.807) is 0 Å². The first kappa shape index (κ1) is 18.5. The van der Waals surface area contributed by atoms with Crippen LogP contribution < -0.4 is 0 Å². The molecule has 2 heterocycles. The molecule has 23 heavy (non-hydrogen) atoms. The van der Waals surface area contributed by atoms with Gasteiger partial charge < -0.3 is 19.1 Å². The van der Waals surface area contributed by atoms with E-state index in [-0.39, 0.29) is 0 Å². The number of amides is 1. The van der Waals surface area contributed by atoms with Crippen molar-refractivity contribution in [2.24, 2.45) is 0 Å². The summed E-state index contributed by atoms with van der Waals surface area (Å²) in [6, 6.07) is -1.35. The lowest BCUT2D eigenvalue weighted by atomic mass is 9.98. The van der Waals surface area contributed by atoms with E-state index in [1.165, 1.54) is 13.8 Å². The Morgan fingerprint density at radius 1 is 1.26 bits per heavy atom. The predicted octanol–water partition coefficient (Wildman–Crippen LogP) is 0.500. The summed E-state index contributed by atoms with van der Waals surface area (Å²) < 4.78 is 35.6. The summed E-state index contributed by atoms with van der Waals surface area (Å²) in [5.41, 5.74) is 0. The molecule has 0 bridgehead atoms. The van der Waals surface area contributed by atoms with Crippen molar-refractivity contribution in [2.75, 3.05) is 13.9 Å². The Balaban J connectivity index is 2.23. The Morgan fingerprint density at radius 3 is 2.35 bits per heavy atom. The van der Waals surface area contributed by atoms with E-state index in [0.717, 1.165) is 12.0 Å². The Morgan fingerprint density at radius 2 is 1.83 bits per heavy atom. The molecule has 0 saturated carbocycles. The lowest BCUT2D eigenvalue weighted by Crippen LogP contribution is -2.69. The summed E-state index contributed by atoms with van der Waals surface area (Å²) in [7, 11) is -2.79. The Hall–Kier alpha value is -0.880. The number of esters is 1. The first-order valence-electron chi connectivity index (χ1n) is 6.22. The van der Waals surface area contributed by atoms with Crippen LogP contribution in [0.15, 0.2) is 0 Å². The number of halogens is 2. The monoisotopic (exact) mass is 477 g/mol. The second-order valence-corrected chi connectivity index (χ2v) is 11.6. The number of carbonyl (C=O) groups is 3. The number of carbonyl (C=O) groups excluding carboxylic acids is 3. The molecule has 130 valence electrons. The maximum Gasteiger partial charge on any atom is 0.510 e. The third-order valence-electron chi connectivity index (χ3n) is 3.81. The van der Waals surface area contributed by atoms with Crippen LogP contribution in [0.3, 0.4) is 0 Å². The number of β-lactam (4-membered cyclic amide) rings is 1. The highest BCUT2D eigenvalue weighted by molar-refractivity contribution is 9.26. The fourth-order valence-corrected chi connectivity index (χ4v) is 6.97. The zero-order chi connectivity index (χ0) is 17.8. The van der Waals surface area contributed by atoms with Gasteiger partial charge in [0.2, 0.25) is 6.79 Å². The smallest absolute Gasteiger partial charge is 0.438 e. The molecular weight excluding hydrogens is 466 g/mol. The van der Waals surface area contributed by atoms with E-state index in [9.17, 15) is 22.8 Å². The van der Waals surface area contributed by atoms with Crippen molar-refractivity contribution >= 4 is 59.7 Å². The maximum atomic E-state index is 12.6. The summed E-state index contributed by atoms with van der Waals surface area (Å²) in [4.78, 5) is 36.1. The lowest BCUT2D eigenvalue weighted by molar-refractivity contribution is -0.167. The fraction of sp³-hybridized carbons (Fsp3) is 0.727. The van der Waals surface area contributed by atoms with Gasteiger partial charge in [0.15, 0.2) is 18.4 Å². The molecule has 0 aromatic carbocycles. The molecule has 0 radical (unpaired) electrons. The van der Waals surface area contributed by atoms with Crippen molar-refractivity contribution in [3.8, 4) is 0 Å². The normalized spacial score (nSPS) is 29.3. The van der Waals surface area contributed by atoms with E-state index in [1.807, 2.05) is 0 Å². The molecule has 0 N–H and O–H groups in total. The minimum atomic E-state index is -3.87. The van der Waals surface area contributed by atoms with Gasteiger partial charge in [-0.3, -0.25) is 4.79 Å². The number of rotatable bonds is 3. The molecule has 0 spiro atoms. The number of alkyl halides is 2. The highest BCUT2D eigenvalue weighted by Gasteiger charge is 2.77. The maximum absolute atomic E-state index is 12.6. The summed E-state index contributed by atoms with van der Waals surface area (Å²) in [5, 5.41) is -1.24. The second-order valence-electron chi connectivity index (χ2n) is 5.42. The number of ether oxygens (including phenoxy) is 3. The lowest BCUT2D eigenvalue weighted by Gasteiger charge is -2.45. The van der Waals surface area contributed by atoms with Gasteiger partial charge in [-0.1, -0.05) is 31.9 Å². The standard InChI is InChI=1S/C11H13Br2NO8S/c1-10(2)5(6(15)21-4-22-9(17)20-3)14-7(16)11(12,13)8(14)23(10,18)19/h5,8H,4H2,1-3H3/t5-,8+/m0/s1. The second kappa shape index (κ2) is 5.59. The van der Waals surface area contributed by atoms with Crippen molar-refractivity contribution in [1.82, 2.24) is 4.90 Å². The zero-order valence-corrected chi connectivity index (χ0v) is 16.2. The number of methoxy groups -OCH3 is 1. The molecule has 9 nitrogen and oxygen atoms in total. The van der Waals surface area contributed by atoms with Crippen molar-refractivity contribution < 1.29 is 37.0 Å². The van der Waals surface area contributed by atoms with Gasteiger partial charge in [0.25, 0.3) is 5.91 Å². The summed E-state index contributed by atoms with van der Waals surface area (Å²) in [6.45, 7) is 1.91. The number of fused-ring (bicyclic) bond motifs is 1. The summed E-state index contributed by atoms with van der Waals surface area (Å²) >= 11 is 6.06. The predicted molar refractivity (Wildman–Crippen MR) is 82.5 cm³/mol. The van der Waals surface area contributed by atoms with E-state index < -0.39 is 54.1 Å². The minimum absolute atomic E-state index is 0.604. The minimum Gasteiger partial charge on any atom is -0.438 e. The average molecular weight is 479 g/mol. The topological polar surface area (TPSA) is 116 Å². The zero-order valence-electron chi connectivity index (χ0n) is 12.2. The van der Waals surface area contributed by atoms with Crippen LogP contribution in [-0.4, -0.2) is 64.6 Å². The highest BCUT2D eigenvalue weighted by atomic mass is 79.9. The molecule has 2 saturated heterocycles. The molecule has 0 aliphatic carbocycles. The largest absolute Gasteiger partial charge is 0.510 e. The molecule has 2 rings (SSSR count). The van der Waals surface area contributed by atoms with Gasteiger partial charge >= 0.3 is 12.1 Å². The van der Waals surface area contributed by atoms with Crippen molar-refractivity contribution in [3.63, 3.8) is 0 Å². The van der Waals surface area contributed by atoms with Crippen LogP contribution in [-0.2, 0) is 33.6 Å². The van der Waals surface area contributed by atoms with Gasteiger partial charge in [0.1, 0.15) is 10.8 Å². The first-order valence-corrected chi connectivity index (χ1v) is 9.35. The molecule has 2 aliphatic heterocycles. The molecule has 0 aromatic heterocycles. The molecule has 2 atom stereocenters. The molecule has 1 amide bonds. The van der Waals surface area contributed by atoms with Gasteiger partial charge in [-0.15, -0.1) is 0 Å². The highest BCUT2D eigenvalue weighted by Crippen LogP contribution is 2.56. The third-order valence-corrected chi connectivity index (χ3v) is 8.82. The van der Waals surface area contributed by atoms with Crippen LogP contribution in [0.2, 0.25) is 0 Å². The fourth-order valence-electron chi connectivity index (χ4n) is 2.54. The van der Waals surface area contributed by atoms with E-state index >= 15 is 0 Å². The molecule has 2 fully saturated rings. The van der Waals surface area contributed by atoms with Gasteiger partial charge in [-0.25, -0.2) is 18.0 Å². The molecular formula is C11H13Br2NO8S. The summed E-state index contributed by atoms with van der Waals surface area (Å²) in [5.74, 6) is -1.60. The van der Waals surface area contributed by atoms with Gasteiger partial charge in [-0.05, 0) is 13.8 Å². The average Bonchev–Trinajstić information content (AvgIpc) is 2.60. The van der Waals surface area contributed by atoms with Gasteiger partial charge in [0.05, 0.1) is 7.11 Å². The molecule has 12 heteroatoms. The summed E-state index contributed by atoms with van der Waals surface area (Å²) in [6.07, 6.45) is -1.06. The molecule has 0 aromatic rings. The van der Waals surface area contributed by atoms with Gasteiger partial charge in [-0.2, -0.15) is 0 Å². The van der Waals surface area contributed by atoms with Crippen molar-refractivity contribution in [3.05, 3.63) is 0 Å². The van der Waals surface area contributed by atoms with Crippen molar-refractivity contribution in [1.29, 1.82) is 0 Å². The third kappa shape index (κ3) is 2.45. The molecule has 0 unspecified atom stereocenters. The Labute approximate surface area is 148 Å². The van der Waals surface area contributed by atoms with E-state index in [2.05, 4.69) is 41.3 Å². The Kier molecular flexibility index (Phi) is 4.48. The quantitative estimate of drug-likeness (QED) is 0.249. The number of hydrogen-bond acceptors (Lipinski definition) is 8. The molecule has 2 aliphatic rings. The number of hydrogen-bond donors (Lipinski definition) is 0. The Bertz CT molecular complexity index is 674. The van der Waals surface area contributed by atoms with E-state index in [0.29, 0.717) is 0 Å². The SMILES string of the molecule is COC(=O)OCOC(=O)[C@@H]1N2C(=O)C(Br)(Br)[C@H]2S(=O)(=O)C1(C)C. The van der Waals surface area contributed by atoms with Crippen LogP contribution in [0.1, 0.15) is 13.8 Å². The van der Waals surface area contributed by atoms with Crippen LogP contribution >= 0.6 is 31.9 Å². The first-order chi connectivity index (χ1) is 10.4. The number of nitrogens with zero attached hydrogens (tertiary/aromatic N) is 1.